The molecule has 0 saturated heterocycles. The molecule has 3 aromatic heterocycles. The lowest BCUT2D eigenvalue weighted by Gasteiger charge is -2.27. The molecule has 0 aliphatic carbocycles. The summed E-state index contributed by atoms with van der Waals surface area (Å²) < 4.78 is 6.05. The zero-order valence-corrected chi connectivity index (χ0v) is 16.4. The van der Waals surface area contributed by atoms with Crippen LogP contribution in [0.3, 0.4) is 0 Å². The van der Waals surface area contributed by atoms with Crippen LogP contribution in [0.4, 0.5) is 0 Å². The summed E-state index contributed by atoms with van der Waals surface area (Å²) in [5.41, 5.74) is 4.06. The Morgan fingerprint density at radius 2 is 1.93 bits per heavy atom. The van der Waals surface area contributed by atoms with Crippen LogP contribution in [0, 0.1) is 0 Å². The van der Waals surface area contributed by atoms with Crippen LogP contribution in [0.2, 0.25) is 5.02 Å². The maximum Gasteiger partial charge on any atom is 0.162 e. The van der Waals surface area contributed by atoms with Gasteiger partial charge in [0.1, 0.15) is 17.8 Å². The number of hydrogen-bond acceptors (Lipinski definition) is 6. The Morgan fingerprint density at radius 3 is 2.79 bits per heavy atom. The molecule has 0 fully saturated rings. The Morgan fingerprint density at radius 1 is 1.03 bits per heavy atom. The second-order valence-electron chi connectivity index (χ2n) is 7.03. The van der Waals surface area contributed by atoms with Crippen molar-refractivity contribution in [1.29, 1.82) is 0 Å². The standard InChI is InChI=1S/C22H18ClN5O/c23-18-3-1-2-15(8-18)21-5-4-19(29-21)13-28-7-6-20-17(12-28)11-26-22(27-20)16-9-24-14-25-10-16/h1-5,8-11,14H,6-7,12-13H2. The Labute approximate surface area is 173 Å². The Hall–Kier alpha value is -3.09. The molecular weight excluding hydrogens is 386 g/mol. The Balaban J connectivity index is 1.29. The Bertz CT molecular complexity index is 1140. The van der Waals surface area contributed by atoms with Gasteiger partial charge < -0.3 is 4.42 Å². The van der Waals surface area contributed by atoms with E-state index in [-0.39, 0.29) is 0 Å². The van der Waals surface area contributed by atoms with Gasteiger partial charge in [-0.2, -0.15) is 0 Å². The molecule has 1 aliphatic rings. The number of aromatic nitrogens is 4. The number of furan rings is 1. The molecule has 0 saturated carbocycles. The van der Waals surface area contributed by atoms with E-state index in [1.165, 1.54) is 6.33 Å². The summed E-state index contributed by atoms with van der Waals surface area (Å²) in [6.07, 6.45) is 7.76. The smallest absolute Gasteiger partial charge is 0.162 e. The molecule has 4 heterocycles. The average molecular weight is 404 g/mol. The average Bonchev–Trinajstić information content (AvgIpc) is 3.22. The van der Waals surface area contributed by atoms with Crippen molar-refractivity contribution >= 4 is 11.6 Å². The minimum Gasteiger partial charge on any atom is -0.460 e. The molecular formula is C22H18ClN5O. The van der Waals surface area contributed by atoms with Gasteiger partial charge in [-0.3, -0.25) is 4.90 Å². The van der Waals surface area contributed by atoms with Gasteiger partial charge in [0.15, 0.2) is 5.82 Å². The third-order valence-corrected chi connectivity index (χ3v) is 5.22. The number of benzene rings is 1. The lowest BCUT2D eigenvalue weighted by Crippen LogP contribution is -2.30. The first-order valence-corrected chi connectivity index (χ1v) is 9.79. The largest absolute Gasteiger partial charge is 0.460 e. The maximum atomic E-state index is 6.09. The van der Waals surface area contributed by atoms with Crippen molar-refractivity contribution in [3.8, 4) is 22.7 Å². The summed E-state index contributed by atoms with van der Waals surface area (Å²) in [5.74, 6) is 2.44. The number of halogens is 1. The normalized spacial score (nSPS) is 14.0. The van der Waals surface area contributed by atoms with Crippen LogP contribution in [-0.4, -0.2) is 31.4 Å². The van der Waals surface area contributed by atoms with Crippen LogP contribution in [0.5, 0.6) is 0 Å². The zero-order chi connectivity index (χ0) is 19.6. The highest BCUT2D eigenvalue weighted by molar-refractivity contribution is 6.30. The van der Waals surface area contributed by atoms with E-state index in [2.05, 4.69) is 19.9 Å². The lowest BCUT2D eigenvalue weighted by molar-refractivity contribution is 0.224. The predicted molar refractivity (Wildman–Crippen MR) is 110 cm³/mol. The molecule has 6 nitrogen and oxygen atoms in total. The van der Waals surface area contributed by atoms with Crippen molar-refractivity contribution in [2.24, 2.45) is 0 Å². The minimum absolute atomic E-state index is 0.676. The molecule has 0 unspecified atom stereocenters. The quantitative estimate of drug-likeness (QED) is 0.503. The maximum absolute atomic E-state index is 6.09. The van der Waals surface area contributed by atoms with Crippen molar-refractivity contribution in [2.75, 3.05) is 6.54 Å². The molecule has 29 heavy (non-hydrogen) atoms. The molecule has 4 aromatic rings. The topological polar surface area (TPSA) is 67.9 Å². The van der Waals surface area contributed by atoms with Gasteiger partial charge in [-0.05, 0) is 24.3 Å². The van der Waals surface area contributed by atoms with Crippen LogP contribution in [0.1, 0.15) is 17.0 Å². The van der Waals surface area contributed by atoms with Gasteiger partial charge in [0, 0.05) is 54.3 Å². The van der Waals surface area contributed by atoms with E-state index in [9.17, 15) is 0 Å². The predicted octanol–water partition coefficient (Wildman–Crippen LogP) is 4.41. The van der Waals surface area contributed by atoms with E-state index in [1.54, 1.807) is 12.4 Å². The second kappa shape index (κ2) is 7.73. The molecule has 0 atom stereocenters. The van der Waals surface area contributed by atoms with E-state index >= 15 is 0 Å². The number of hydrogen-bond donors (Lipinski definition) is 0. The van der Waals surface area contributed by atoms with Gasteiger partial charge in [-0.15, -0.1) is 0 Å². The van der Waals surface area contributed by atoms with E-state index in [1.807, 2.05) is 42.6 Å². The third-order valence-electron chi connectivity index (χ3n) is 4.98. The van der Waals surface area contributed by atoms with E-state index < -0.39 is 0 Å². The molecule has 144 valence electrons. The molecule has 0 bridgehead atoms. The van der Waals surface area contributed by atoms with Crippen molar-refractivity contribution in [3.05, 3.63) is 83.4 Å². The first-order chi connectivity index (χ1) is 14.2. The fourth-order valence-electron chi connectivity index (χ4n) is 3.54. The molecule has 0 radical (unpaired) electrons. The molecule has 5 rings (SSSR count). The zero-order valence-electron chi connectivity index (χ0n) is 15.6. The number of nitrogens with zero attached hydrogens (tertiary/aromatic N) is 5. The monoisotopic (exact) mass is 403 g/mol. The van der Waals surface area contributed by atoms with Crippen LogP contribution >= 0.6 is 11.6 Å². The first kappa shape index (κ1) is 18.0. The molecule has 1 aromatic carbocycles. The van der Waals surface area contributed by atoms with Crippen LogP contribution < -0.4 is 0 Å². The van der Waals surface area contributed by atoms with E-state index in [0.717, 1.165) is 60.0 Å². The van der Waals surface area contributed by atoms with Gasteiger partial charge in [-0.1, -0.05) is 23.7 Å². The molecule has 7 heteroatoms. The number of rotatable bonds is 4. The van der Waals surface area contributed by atoms with Crippen molar-refractivity contribution < 1.29 is 4.42 Å². The summed E-state index contributed by atoms with van der Waals surface area (Å²) in [4.78, 5) is 19.7. The fraction of sp³-hybridized carbons (Fsp3) is 0.182. The van der Waals surface area contributed by atoms with Crippen LogP contribution in [0.25, 0.3) is 22.7 Å². The molecule has 0 amide bonds. The van der Waals surface area contributed by atoms with Gasteiger partial charge in [0.2, 0.25) is 0 Å². The van der Waals surface area contributed by atoms with Gasteiger partial charge in [0.25, 0.3) is 0 Å². The SMILES string of the molecule is Clc1cccc(-c2ccc(CN3CCc4nc(-c5cncnc5)ncc4C3)o2)c1. The van der Waals surface area contributed by atoms with E-state index in [4.69, 9.17) is 21.0 Å². The highest BCUT2D eigenvalue weighted by Gasteiger charge is 2.20. The molecule has 0 spiro atoms. The fourth-order valence-corrected chi connectivity index (χ4v) is 3.73. The van der Waals surface area contributed by atoms with Crippen LogP contribution in [0.15, 0.2) is 65.7 Å². The lowest BCUT2D eigenvalue weighted by atomic mass is 10.1. The summed E-state index contributed by atoms with van der Waals surface area (Å²) in [5, 5.41) is 0.703. The highest BCUT2D eigenvalue weighted by Crippen LogP contribution is 2.27. The van der Waals surface area contributed by atoms with Crippen LogP contribution in [-0.2, 0) is 19.5 Å². The Kier molecular flexibility index (Phi) is 4.79. The summed E-state index contributed by atoms with van der Waals surface area (Å²) in [6.45, 7) is 2.46. The minimum atomic E-state index is 0.676. The van der Waals surface area contributed by atoms with Gasteiger partial charge >= 0.3 is 0 Å². The summed E-state index contributed by atoms with van der Waals surface area (Å²) in [6, 6.07) is 11.7. The van der Waals surface area contributed by atoms with E-state index in [0.29, 0.717) is 10.8 Å². The first-order valence-electron chi connectivity index (χ1n) is 9.42. The second-order valence-corrected chi connectivity index (χ2v) is 7.47. The van der Waals surface area contributed by atoms with Gasteiger partial charge in [0.05, 0.1) is 17.8 Å². The highest BCUT2D eigenvalue weighted by atomic mass is 35.5. The summed E-state index contributed by atoms with van der Waals surface area (Å²) in [7, 11) is 0. The van der Waals surface area contributed by atoms with Gasteiger partial charge in [-0.25, -0.2) is 19.9 Å². The third kappa shape index (κ3) is 3.90. The molecule has 0 N–H and O–H groups in total. The van der Waals surface area contributed by atoms with Crippen molar-refractivity contribution in [2.45, 2.75) is 19.5 Å². The van der Waals surface area contributed by atoms with Crippen molar-refractivity contribution in [1.82, 2.24) is 24.8 Å². The molecule has 1 aliphatic heterocycles. The van der Waals surface area contributed by atoms with Crippen molar-refractivity contribution in [3.63, 3.8) is 0 Å². The number of fused-ring (bicyclic) bond motifs is 1. The summed E-state index contributed by atoms with van der Waals surface area (Å²) >= 11 is 6.09.